The molecule has 0 aromatic carbocycles. The summed E-state index contributed by atoms with van der Waals surface area (Å²) in [5.41, 5.74) is 1.53. The van der Waals surface area contributed by atoms with Crippen LogP contribution in [-0.2, 0) is 6.42 Å². The predicted molar refractivity (Wildman–Crippen MR) is 63.4 cm³/mol. The van der Waals surface area contributed by atoms with E-state index in [4.69, 9.17) is 5.11 Å². The van der Waals surface area contributed by atoms with Crippen LogP contribution >= 0.6 is 11.3 Å². The van der Waals surface area contributed by atoms with E-state index in [9.17, 15) is 4.79 Å². The molecule has 1 N–H and O–H groups in total. The van der Waals surface area contributed by atoms with Crippen molar-refractivity contribution >= 4 is 17.3 Å². The van der Waals surface area contributed by atoms with E-state index < -0.39 is 5.97 Å². The molecule has 0 spiro atoms. The van der Waals surface area contributed by atoms with Crippen LogP contribution in [0.3, 0.4) is 0 Å². The summed E-state index contributed by atoms with van der Waals surface area (Å²) in [5.74, 6) is -0.406. The van der Waals surface area contributed by atoms with Crippen molar-refractivity contribution in [2.24, 2.45) is 0 Å². The summed E-state index contributed by atoms with van der Waals surface area (Å²) >= 11 is 1.58. The molecule has 0 saturated heterocycles. The Morgan fingerprint density at radius 3 is 2.71 bits per heavy atom. The van der Waals surface area contributed by atoms with Gasteiger partial charge in [0.05, 0.1) is 28.4 Å². The Bertz CT molecular complexity index is 566. The van der Waals surface area contributed by atoms with Gasteiger partial charge in [-0.3, -0.25) is 0 Å². The third-order valence-electron chi connectivity index (χ3n) is 2.27. The minimum atomic E-state index is -1.00. The lowest BCUT2D eigenvalue weighted by atomic mass is 10.2. The third-order valence-corrected chi connectivity index (χ3v) is 3.09. The standard InChI is InChI=1S/C11H11N3O2S/c1-6-9(11(15)16)4-12-10(13-6)3-8-5-17-7(2)14-8/h4-5H,3H2,1-2H3,(H,15,16). The highest BCUT2D eigenvalue weighted by molar-refractivity contribution is 7.09. The number of aromatic carboxylic acids is 1. The Labute approximate surface area is 102 Å². The summed E-state index contributed by atoms with van der Waals surface area (Å²) in [6, 6.07) is 0. The molecule has 17 heavy (non-hydrogen) atoms. The smallest absolute Gasteiger partial charge is 0.339 e. The molecule has 2 rings (SSSR count). The second kappa shape index (κ2) is 4.58. The molecule has 5 nitrogen and oxygen atoms in total. The fourth-order valence-electron chi connectivity index (χ4n) is 1.46. The van der Waals surface area contributed by atoms with Crippen molar-refractivity contribution in [2.75, 3.05) is 0 Å². The summed E-state index contributed by atoms with van der Waals surface area (Å²) in [4.78, 5) is 23.3. The van der Waals surface area contributed by atoms with Gasteiger partial charge >= 0.3 is 5.97 Å². The maximum atomic E-state index is 10.8. The molecular weight excluding hydrogens is 238 g/mol. The quantitative estimate of drug-likeness (QED) is 0.898. The average molecular weight is 249 g/mol. The lowest BCUT2D eigenvalue weighted by molar-refractivity contribution is 0.0695. The summed E-state index contributed by atoms with van der Waals surface area (Å²) < 4.78 is 0. The molecule has 0 fully saturated rings. The van der Waals surface area contributed by atoms with Crippen LogP contribution in [0.5, 0.6) is 0 Å². The van der Waals surface area contributed by atoms with Crippen molar-refractivity contribution < 1.29 is 9.90 Å². The maximum Gasteiger partial charge on any atom is 0.339 e. The van der Waals surface area contributed by atoms with Crippen molar-refractivity contribution in [1.82, 2.24) is 15.0 Å². The van der Waals surface area contributed by atoms with E-state index in [1.807, 2.05) is 12.3 Å². The van der Waals surface area contributed by atoms with E-state index in [1.54, 1.807) is 18.3 Å². The molecule has 2 aromatic heterocycles. The second-order valence-electron chi connectivity index (χ2n) is 3.63. The van der Waals surface area contributed by atoms with Crippen LogP contribution in [0.1, 0.15) is 32.6 Å². The van der Waals surface area contributed by atoms with Crippen molar-refractivity contribution in [3.05, 3.63) is 39.4 Å². The molecule has 0 bridgehead atoms. The van der Waals surface area contributed by atoms with Crippen molar-refractivity contribution in [2.45, 2.75) is 20.3 Å². The predicted octanol–water partition coefficient (Wildman–Crippen LogP) is 1.84. The van der Waals surface area contributed by atoms with Gasteiger partial charge in [0.15, 0.2) is 0 Å². The highest BCUT2D eigenvalue weighted by Gasteiger charge is 2.10. The number of thiazole rings is 1. The zero-order valence-corrected chi connectivity index (χ0v) is 10.3. The van der Waals surface area contributed by atoms with E-state index in [1.165, 1.54) is 6.20 Å². The molecule has 0 aliphatic rings. The van der Waals surface area contributed by atoms with Gasteiger partial charge in [-0.25, -0.2) is 19.7 Å². The van der Waals surface area contributed by atoms with Crippen LogP contribution in [0.2, 0.25) is 0 Å². The molecule has 6 heteroatoms. The van der Waals surface area contributed by atoms with Crippen molar-refractivity contribution in [3.63, 3.8) is 0 Å². The zero-order chi connectivity index (χ0) is 12.4. The largest absolute Gasteiger partial charge is 0.478 e. The van der Waals surface area contributed by atoms with E-state index in [2.05, 4.69) is 15.0 Å². The molecular formula is C11H11N3O2S. The van der Waals surface area contributed by atoms with Crippen LogP contribution in [0.4, 0.5) is 0 Å². The van der Waals surface area contributed by atoms with Gasteiger partial charge in [-0.1, -0.05) is 0 Å². The number of aromatic nitrogens is 3. The number of carbonyl (C=O) groups is 1. The van der Waals surface area contributed by atoms with Gasteiger partial charge in [-0.15, -0.1) is 11.3 Å². The van der Waals surface area contributed by atoms with Gasteiger partial charge in [-0.2, -0.15) is 0 Å². The summed E-state index contributed by atoms with van der Waals surface area (Å²) in [5, 5.41) is 11.8. The van der Waals surface area contributed by atoms with Gasteiger partial charge < -0.3 is 5.11 Å². The van der Waals surface area contributed by atoms with Crippen LogP contribution < -0.4 is 0 Å². The molecule has 0 atom stereocenters. The number of carboxylic acids is 1. The number of carboxylic acid groups (broad SMARTS) is 1. The van der Waals surface area contributed by atoms with E-state index in [0.717, 1.165) is 10.7 Å². The van der Waals surface area contributed by atoms with E-state index >= 15 is 0 Å². The van der Waals surface area contributed by atoms with Crippen LogP contribution in [0.15, 0.2) is 11.6 Å². The first-order valence-corrected chi connectivity index (χ1v) is 5.91. The van der Waals surface area contributed by atoms with Gasteiger partial charge in [0, 0.05) is 11.6 Å². The van der Waals surface area contributed by atoms with Crippen LogP contribution in [0.25, 0.3) is 0 Å². The molecule has 2 aromatic rings. The minimum Gasteiger partial charge on any atom is -0.478 e. The van der Waals surface area contributed by atoms with Gasteiger partial charge in [0.2, 0.25) is 0 Å². The molecule has 0 aliphatic heterocycles. The minimum absolute atomic E-state index is 0.142. The Morgan fingerprint density at radius 2 is 2.18 bits per heavy atom. The summed E-state index contributed by atoms with van der Waals surface area (Å²) in [7, 11) is 0. The number of rotatable bonds is 3. The highest BCUT2D eigenvalue weighted by Crippen LogP contribution is 2.12. The summed E-state index contributed by atoms with van der Waals surface area (Å²) in [6.45, 7) is 3.61. The van der Waals surface area contributed by atoms with Gasteiger partial charge in [0.1, 0.15) is 5.82 Å². The van der Waals surface area contributed by atoms with Crippen molar-refractivity contribution in [3.8, 4) is 0 Å². The molecule has 2 heterocycles. The Balaban J connectivity index is 2.23. The number of aryl methyl sites for hydroxylation is 2. The first kappa shape index (κ1) is 11.7. The van der Waals surface area contributed by atoms with Crippen LogP contribution in [-0.4, -0.2) is 26.0 Å². The highest BCUT2D eigenvalue weighted by atomic mass is 32.1. The zero-order valence-electron chi connectivity index (χ0n) is 9.47. The van der Waals surface area contributed by atoms with Crippen molar-refractivity contribution in [1.29, 1.82) is 0 Å². The lowest BCUT2D eigenvalue weighted by Crippen LogP contribution is -2.06. The van der Waals surface area contributed by atoms with Gasteiger partial charge in [0.25, 0.3) is 0 Å². The van der Waals surface area contributed by atoms with Gasteiger partial charge in [-0.05, 0) is 13.8 Å². The molecule has 0 unspecified atom stereocenters. The molecule has 0 aliphatic carbocycles. The number of hydrogen-bond donors (Lipinski definition) is 1. The molecule has 0 amide bonds. The van der Waals surface area contributed by atoms with Crippen LogP contribution in [0, 0.1) is 13.8 Å². The average Bonchev–Trinajstić information content (AvgIpc) is 2.63. The van der Waals surface area contributed by atoms with E-state index in [-0.39, 0.29) is 5.56 Å². The molecule has 88 valence electrons. The fraction of sp³-hybridized carbons (Fsp3) is 0.273. The second-order valence-corrected chi connectivity index (χ2v) is 4.69. The summed E-state index contributed by atoms with van der Waals surface area (Å²) in [6.07, 6.45) is 1.88. The molecule has 0 radical (unpaired) electrons. The third kappa shape index (κ3) is 2.65. The Hall–Kier alpha value is -1.82. The fourth-order valence-corrected chi connectivity index (χ4v) is 2.07. The lowest BCUT2D eigenvalue weighted by Gasteiger charge is -2.02. The monoisotopic (exact) mass is 249 g/mol. The first-order chi connectivity index (χ1) is 8.06. The normalized spacial score (nSPS) is 10.5. The number of nitrogens with zero attached hydrogens (tertiary/aromatic N) is 3. The number of hydrogen-bond acceptors (Lipinski definition) is 5. The topological polar surface area (TPSA) is 76.0 Å². The Kier molecular flexibility index (Phi) is 3.14. The first-order valence-electron chi connectivity index (χ1n) is 5.03. The maximum absolute atomic E-state index is 10.8. The Morgan fingerprint density at radius 1 is 1.41 bits per heavy atom. The molecule has 0 saturated carbocycles. The SMILES string of the molecule is Cc1nc(Cc2ncc(C(=O)O)c(C)n2)cs1. The van der Waals surface area contributed by atoms with E-state index in [0.29, 0.717) is 17.9 Å².